The maximum absolute atomic E-state index is 2.40. The third kappa shape index (κ3) is 2.31. The first-order chi connectivity index (χ1) is 14.8. The molecule has 0 amide bonds. The summed E-state index contributed by atoms with van der Waals surface area (Å²) >= 11 is 0. The van der Waals surface area contributed by atoms with Gasteiger partial charge in [-0.25, -0.2) is 9.35 Å². The van der Waals surface area contributed by atoms with E-state index in [1.165, 1.54) is 54.7 Å². The first-order valence-electron chi connectivity index (χ1n) is 10.8. The molecule has 0 atom stereocenters. The molecule has 2 heterocycles. The predicted molar refractivity (Wildman–Crippen MR) is 128 cm³/mol. The molecule has 0 bridgehead atoms. The molecule has 0 saturated heterocycles. The second-order valence-corrected chi connectivity index (χ2v) is 8.07. The Morgan fingerprint density at radius 2 is 0.867 bits per heavy atom. The molecule has 6 aromatic rings. The van der Waals surface area contributed by atoms with Gasteiger partial charge in [-0.2, -0.15) is 0 Å². The average Bonchev–Trinajstić information content (AvgIpc) is 3.30. The Morgan fingerprint density at radius 1 is 0.467 bits per heavy atom. The molecule has 0 fully saturated rings. The van der Waals surface area contributed by atoms with Gasteiger partial charge in [0.15, 0.2) is 0 Å². The molecular weight excluding hydrogens is 364 g/mol. The van der Waals surface area contributed by atoms with Gasteiger partial charge in [-0.15, -0.1) is 0 Å². The van der Waals surface area contributed by atoms with Gasteiger partial charge in [0.25, 0.3) is 0 Å². The molecule has 0 spiro atoms. The predicted octanol–water partition coefficient (Wildman–Crippen LogP) is 7.34. The molecule has 146 valence electrons. The Hall–Kier alpha value is -3.52. The smallest absolute Gasteiger partial charge is 0.0716 e. The maximum atomic E-state index is 2.40. The van der Waals surface area contributed by atoms with Gasteiger partial charge in [0, 0.05) is 21.5 Å². The van der Waals surface area contributed by atoms with Crippen LogP contribution in [0.1, 0.15) is 25.0 Å². The Morgan fingerprint density at radius 3 is 1.30 bits per heavy atom. The van der Waals surface area contributed by atoms with Gasteiger partial charge in [0.2, 0.25) is 0 Å². The zero-order chi connectivity index (χ0) is 20.2. The summed E-state index contributed by atoms with van der Waals surface area (Å²) in [6.07, 6.45) is 2.09. The van der Waals surface area contributed by atoms with Gasteiger partial charge in [0.05, 0.1) is 22.1 Å². The van der Waals surface area contributed by atoms with Gasteiger partial charge in [-0.05, 0) is 60.4 Å². The number of aryl methyl sites for hydroxylation is 2. The molecule has 0 aliphatic heterocycles. The highest BCUT2D eigenvalue weighted by Gasteiger charge is 2.17. The topological polar surface area (TPSA) is 9.86 Å². The van der Waals surface area contributed by atoms with Crippen LogP contribution in [-0.2, 0) is 12.8 Å². The summed E-state index contributed by atoms with van der Waals surface area (Å²) in [5.74, 6) is 0. The Bertz CT molecular complexity index is 1440. The molecule has 0 aliphatic carbocycles. The quantitative estimate of drug-likeness (QED) is 0.300. The van der Waals surface area contributed by atoms with E-state index in [1.54, 1.807) is 0 Å². The highest BCUT2D eigenvalue weighted by Crippen LogP contribution is 2.35. The monoisotopic (exact) mass is 388 g/mol. The SMILES string of the molecule is CCc1ccc2c(c1)c1ccccc1n2-n1c2ccccc2c2cc(CC)ccc21. The van der Waals surface area contributed by atoms with Crippen LogP contribution in [0.5, 0.6) is 0 Å². The fourth-order valence-electron chi connectivity index (χ4n) is 4.87. The summed E-state index contributed by atoms with van der Waals surface area (Å²) in [6.45, 7) is 4.44. The largest absolute Gasteiger partial charge is 0.248 e. The van der Waals surface area contributed by atoms with Crippen LogP contribution in [-0.4, -0.2) is 9.35 Å². The van der Waals surface area contributed by atoms with Crippen molar-refractivity contribution in [3.05, 3.63) is 96.1 Å². The van der Waals surface area contributed by atoms with Crippen LogP contribution in [0.2, 0.25) is 0 Å². The molecule has 30 heavy (non-hydrogen) atoms. The lowest BCUT2D eigenvalue weighted by atomic mass is 10.1. The average molecular weight is 389 g/mol. The normalized spacial score (nSPS) is 11.9. The minimum absolute atomic E-state index is 1.05. The van der Waals surface area contributed by atoms with E-state index in [2.05, 4.69) is 108 Å². The van der Waals surface area contributed by atoms with Crippen molar-refractivity contribution in [2.45, 2.75) is 26.7 Å². The molecule has 4 aromatic carbocycles. The molecule has 0 saturated carbocycles. The minimum atomic E-state index is 1.05. The van der Waals surface area contributed by atoms with E-state index in [9.17, 15) is 0 Å². The standard InChI is InChI=1S/C28H24N2/c1-3-19-13-15-27-23(17-19)21-9-5-7-11-25(21)29(27)30-26-12-8-6-10-22(26)24-18-20(4-2)14-16-28(24)30/h5-18H,3-4H2,1-2H3. The lowest BCUT2D eigenvalue weighted by molar-refractivity contribution is 0.774. The van der Waals surface area contributed by atoms with E-state index in [4.69, 9.17) is 0 Å². The van der Waals surface area contributed by atoms with E-state index >= 15 is 0 Å². The van der Waals surface area contributed by atoms with E-state index in [0.717, 1.165) is 12.8 Å². The first kappa shape index (κ1) is 17.3. The second-order valence-electron chi connectivity index (χ2n) is 8.07. The van der Waals surface area contributed by atoms with Gasteiger partial charge in [-0.1, -0.05) is 62.4 Å². The van der Waals surface area contributed by atoms with Crippen LogP contribution >= 0.6 is 0 Å². The van der Waals surface area contributed by atoms with E-state index in [1.807, 2.05) is 0 Å². The number of nitrogens with zero attached hydrogens (tertiary/aromatic N) is 2. The number of rotatable bonds is 3. The number of aromatic nitrogens is 2. The number of benzene rings is 4. The van der Waals surface area contributed by atoms with Crippen LogP contribution in [0.25, 0.3) is 43.6 Å². The fraction of sp³-hybridized carbons (Fsp3) is 0.143. The summed E-state index contributed by atoms with van der Waals surface area (Å²) in [7, 11) is 0. The van der Waals surface area contributed by atoms with E-state index in [0.29, 0.717) is 0 Å². The first-order valence-corrected chi connectivity index (χ1v) is 10.8. The summed E-state index contributed by atoms with van der Waals surface area (Å²) < 4.78 is 4.81. The van der Waals surface area contributed by atoms with Crippen molar-refractivity contribution in [3.63, 3.8) is 0 Å². The molecule has 0 N–H and O–H groups in total. The molecule has 2 nitrogen and oxygen atoms in total. The Kier molecular flexibility index (Phi) is 3.76. The number of hydrogen-bond donors (Lipinski definition) is 0. The van der Waals surface area contributed by atoms with Crippen LogP contribution in [0.4, 0.5) is 0 Å². The lowest BCUT2D eigenvalue weighted by Crippen LogP contribution is -2.08. The third-order valence-corrected chi connectivity index (χ3v) is 6.44. The Labute approximate surface area is 175 Å². The van der Waals surface area contributed by atoms with Crippen molar-refractivity contribution in [1.82, 2.24) is 9.35 Å². The van der Waals surface area contributed by atoms with Crippen molar-refractivity contribution in [1.29, 1.82) is 0 Å². The molecule has 2 heteroatoms. The molecule has 0 aliphatic rings. The second kappa shape index (κ2) is 6.50. The Balaban J connectivity index is 1.84. The molecule has 0 radical (unpaired) electrons. The van der Waals surface area contributed by atoms with Crippen LogP contribution in [0.15, 0.2) is 84.9 Å². The molecule has 0 unspecified atom stereocenters. The van der Waals surface area contributed by atoms with Crippen molar-refractivity contribution in [2.24, 2.45) is 0 Å². The highest BCUT2D eigenvalue weighted by molar-refractivity contribution is 6.11. The lowest BCUT2D eigenvalue weighted by Gasteiger charge is -2.13. The van der Waals surface area contributed by atoms with E-state index in [-0.39, 0.29) is 0 Å². The minimum Gasteiger partial charge on any atom is -0.248 e. The summed E-state index contributed by atoms with van der Waals surface area (Å²) in [5.41, 5.74) is 7.72. The number of para-hydroxylation sites is 2. The maximum Gasteiger partial charge on any atom is 0.0716 e. The van der Waals surface area contributed by atoms with Crippen LogP contribution in [0, 0.1) is 0 Å². The van der Waals surface area contributed by atoms with Crippen LogP contribution < -0.4 is 0 Å². The zero-order valence-electron chi connectivity index (χ0n) is 17.4. The van der Waals surface area contributed by atoms with Crippen molar-refractivity contribution < 1.29 is 0 Å². The van der Waals surface area contributed by atoms with Gasteiger partial charge in [-0.3, -0.25) is 0 Å². The van der Waals surface area contributed by atoms with Gasteiger partial charge >= 0.3 is 0 Å². The summed E-state index contributed by atoms with van der Waals surface area (Å²) in [4.78, 5) is 0. The fourth-order valence-corrected chi connectivity index (χ4v) is 4.87. The van der Waals surface area contributed by atoms with Crippen LogP contribution in [0.3, 0.4) is 0 Å². The summed E-state index contributed by atoms with van der Waals surface area (Å²) in [5, 5.41) is 5.25. The van der Waals surface area contributed by atoms with Crippen molar-refractivity contribution >= 4 is 43.6 Å². The zero-order valence-corrected chi connectivity index (χ0v) is 17.4. The number of fused-ring (bicyclic) bond motifs is 6. The molecular formula is C28H24N2. The third-order valence-electron chi connectivity index (χ3n) is 6.44. The molecule has 6 rings (SSSR count). The van der Waals surface area contributed by atoms with E-state index < -0.39 is 0 Å². The van der Waals surface area contributed by atoms with Gasteiger partial charge in [0.1, 0.15) is 0 Å². The van der Waals surface area contributed by atoms with Gasteiger partial charge < -0.3 is 0 Å². The number of hydrogen-bond acceptors (Lipinski definition) is 0. The molecule has 2 aromatic heterocycles. The van der Waals surface area contributed by atoms with Crippen molar-refractivity contribution in [3.8, 4) is 0 Å². The summed E-state index contributed by atoms with van der Waals surface area (Å²) in [6, 6.07) is 31.4. The highest BCUT2D eigenvalue weighted by atomic mass is 15.5. The van der Waals surface area contributed by atoms with Crippen molar-refractivity contribution in [2.75, 3.05) is 0 Å².